The molecule has 158 valence electrons. The first kappa shape index (κ1) is 25.1. The molecule has 0 saturated heterocycles. The Balaban J connectivity index is 3.44. The van der Waals surface area contributed by atoms with Gasteiger partial charge in [0.25, 0.3) is 0 Å². The summed E-state index contributed by atoms with van der Waals surface area (Å²) in [6.07, 6.45) is -0.846. The average Bonchev–Trinajstić information content (AvgIpc) is 2.57. The highest BCUT2D eigenvalue weighted by atomic mass is 16.7. The van der Waals surface area contributed by atoms with Crippen molar-refractivity contribution in [1.29, 1.82) is 0 Å². The van der Waals surface area contributed by atoms with E-state index in [1.54, 1.807) is 20.8 Å². The Bertz CT molecular complexity index is 453. The van der Waals surface area contributed by atoms with Crippen LogP contribution in [0.1, 0.15) is 27.2 Å². The third-order valence-electron chi connectivity index (χ3n) is 2.75. The average molecular weight is 393 g/mol. The summed E-state index contributed by atoms with van der Waals surface area (Å²) in [5, 5.41) is 2.55. The van der Waals surface area contributed by atoms with Crippen LogP contribution in [-0.2, 0) is 33.4 Å². The lowest BCUT2D eigenvalue weighted by atomic mass is 10.2. The molecule has 0 aromatic rings. The number of amides is 2. The number of hydrogen-bond acceptors (Lipinski definition) is 9. The number of esters is 1. The third kappa shape index (κ3) is 16.0. The maximum atomic E-state index is 11.6. The van der Waals surface area contributed by atoms with E-state index in [2.05, 4.69) is 15.5 Å². The number of ether oxygens (including phenoxy) is 4. The summed E-state index contributed by atoms with van der Waals surface area (Å²) in [4.78, 5) is 38.7. The zero-order valence-corrected chi connectivity index (χ0v) is 16.4. The number of hydroxylamine groups is 1. The normalized spacial score (nSPS) is 12.2. The van der Waals surface area contributed by atoms with E-state index in [-0.39, 0.29) is 32.8 Å². The molecule has 0 bridgehead atoms. The quantitative estimate of drug-likeness (QED) is 0.214. The van der Waals surface area contributed by atoms with Crippen molar-refractivity contribution in [3.05, 3.63) is 0 Å². The third-order valence-corrected chi connectivity index (χ3v) is 2.75. The molecule has 0 aromatic heterocycles. The zero-order chi connectivity index (χ0) is 20.7. The summed E-state index contributed by atoms with van der Waals surface area (Å²) in [5.74, 6) is -0.994. The molecule has 0 aliphatic carbocycles. The minimum absolute atomic E-state index is 0.160. The van der Waals surface area contributed by atoms with Crippen molar-refractivity contribution in [3.63, 3.8) is 0 Å². The molecule has 11 heteroatoms. The Kier molecular flexibility index (Phi) is 13.1. The summed E-state index contributed by atoms with van der Waals surface area (Å²) < 4.78 is 19.9. The molecule has 1 atom stereocenters. The number of rotatable bonds is 13. The van der Waals surface area contributed by atoms with Gasteiger partial charge in [-0.3, -0.25) is 14.4 Å². The molecule has 0 fully saturated rings. The van der Waals surface area contributed by atoms with Crippen molar-refractivity contribution in [2.24, 2.45) is 5.73 Å². The van der Waals surface area contributed by atoms with E-state index in [1.165, 1.54) is 7.11 Å². The predicted octanol–water partition coefficient (Wildman–Crippen LogP) is -0.517. The highest BCUT2D eigenvalue weighted by Gasteiger charge is 2.17. The Morgan fingerprint density at radius 2 is 1.59 bits per heavy atom. The number of hydrogen-bond donors (Lipinski definition) is 3. The maximum Gasteiger partial charge on any atom is 0.431 e. The van der Waals surface area contributed by atoms with Gasteiger partial charge in [-0.1, -0.05) is 0 Å². The molecule has 0 radical (unpaired) electrons. The lowest BCUT2D eigenvalue weighted by Crippen LogP contribution is -2.43. The molecule has 0 spiro atoms. The van der Waals surface area contributed by atoms with Crippen molar-refractivity contribution in [2.75, 3.05) is 46.7 Å². The van der Waals surface area contributed by atoms with E-state index in [4.69, 9.17) is 24.8 Å². The van der Waals surface area contributed by atoms with Crippen LogP contribution < -0.4 is 16.5 Å². The van der Waals surface area contributed by atoms with Crippen LogP contribution in [0.2, 0.25) is 0 Å². The van der Waals surface area contributed by atoms with Crippen LogP contribution in [0.3, 0.4) is 0 Å². The van der Waals surface area contributed by atoms with Gasteiger partial charge in [0.1, 0.15) is 5.60 Å². The predicted molar refractivity (Wildman–Crippen MR) is 94.6 cm³/mol. The van der Waals surface area contributed by atoms with Gasteiger partial charge in [-0.25, -0.2) is 4.79 Å². The van der Waals surface area contributed by atoms with Crippen LogP contribution in [0.5, 0.6) is 0 Å². The van der Waals surface area contributed by atoms with E-state index in [1.807, 2.05) is 0 Å². The minimum atomic E-state index is -0.949. The first-order chi connectivity index (χ1) is 12.7. The number of methoxy groups -OCH3 is 1. The number of carbonyl (C=O) groups is 3. The second-order valence-electron chi connectivity index (χ2n) is 6.35. The van der Waals surface area contributed by atoms with Gasteiger partial charge in [-0.2, -0.15) is 5.48 Å². The van der Waals surface area contributed by atoms with E-state index < -0.39 is 29.6 Å². The molecule has 1 unspecified atom stereocenters. The van der Waals surface area contributed by atoms with E-state index in [9.17, 15) is 14.4 Å². The molecule has 0 saturated carbocycles. The van der Waals surface area contributed by atoms with Crippen LogP contribution in [0, 0.1) is 0 Å². The zero-order valence-electron chi connectivity index (χ0n) is 16.4. The topological polar surface area (TPSA) is 147 Å². The van der Waals surface area contributed by atoms with Gasteiger partial charge in [-0.05, 0) is 20.8 Å². The van der Waals surface area contributed by atoms with Gasteiger partial charge in [0.15, 0.2) is 0 Å². The molecule has 0 heterocycles. The monoisotopic (exact) mass is 393 g/mol. The first-order valence-electron chi connectivity index (χ1n) is 8.52. The van der Waals surface area contributed by atoms with Gasteiger partial charge in [0.2, 0.25) is 5.91 Å². The maximum absolute atomic E-state index is 11.6. The fourth-order valence-corrected chi connectivity index (χ4v) is 1.56. The Morgan fingerprint density at radius 1 is 1.00 bits per heavy atom. The molecular weight excluding hydrogens is 362 g/mol. The van der Waals surface area contributed by atoms with Crippen molar-refractivity contribution < 1.29 is 38.2 Å². The summed E-state index contributed by atoms with van der Waals surface area (Å²) in [6, 6.07) is -0.949. The van der Waals surface area contributed by atoms with E-state index >= 15 is 0 Å². The van der Waals surface area contributed by atoms with Gasteiger partial charge in [0.05, 0.1) is 52.6 Å². The smallest absolute Gasteiger partial charge is 0.431 e. The van der Waals surface area contributed by atoms with E-state index in [0.29, 0.717) is 13.2 Å². The lowest BCUT2D eigenvalue weighted by Gasteiger charge is -2.19. The van der Waals surface area contributed by atoms with Crippen LogP contribution in [0.4, 0.5) is 4.79 Å². The minimum Gasteiger partial charge on any atom is -0.469 e. The lowest BCUT2D eigenvalue weighted by molar-refractivity contribution is -0.142. The Hall–Kier alpha value is -1.95. The summed E-state index contributed by atoms with van der Waals surface area (Å²) in [5.41, 5.74) is 7.09. The summed E-state index contributed by atoms with van der Waals surface area (Å²) in [6.45, 7) is 6.85. The SMILES string of the molecule is COC(=O)CC(N)C(=O)NCCOCCOCCONC(=O)OC(C)(C)C. The van der Waals surface area contributed by atoms with Gasteiger partial charge in [-0.15, -0.1) is 0 Å². The number of carbonyl (C=O) groups excluding carboxylic acids is 3. The Morgan fingerprint density at radius 3 is 2.19 bits per heavy atom. The molecule has 0 aliphatic rings. The molecule has 27 heavy (non-hydrogen) atoms. The molecule has 0 rings (SSSR count). The van der Waals surface area contributed by atoms with Gasteiger partial charge < -0.3 is 30.0 Å². The van der Waals surface area contributed by atoms with Crippen LogP contribution in [-0.4, -0.2) is 76.3 Å². The van der Waals surface area contributed by atoms with Crippen LogP contribution >= 0.6 is 0 Å². The second kappa shape index (κ2) is 14.2. The molecule has 0 aliphatic heterocycles. The number of nitrogens with one attached hydrogen (secondary N) is 2. The summed E-state index contributed by atoms with van der Waals surface area (Å²) in [7, 11) is 1.23. The molecular formula is C16H31N3O8. The fraction of sp³-hybridized carbons (Fsp3) is 0.812. The largest absolute Gasteiger partial charge is 0.469 e. The van der Waals surface area contributed by atoms with Crippen molar-refractivity contribution >= 4 is 18.0 Å². The highest BCUT2D eigenvalue weighted by Crippen LogP contribution is 2.06. The fourth-order valence-electron chi connectivity index (χ4n) is 1.56. The highest BCUT2D eigenvalue weighted by molar-refractivity contribution is 5.86. The molecule has 4 N–H and O–H groups in total. The van der Waals surface area contributed by atoms with Crippen LogP contribution in [0.15, 0.2) is 0 Å². The molecule has 0 aromatic carbocycles. The van der Waals surface area contributed by atoms with Gasteiger partial charge >= 0.3 is 12.1 Å². The molecule has 11 nitrogen and oxygen atoms in total. The van der Waals surface area contributed by atoms with Crippen LogP contribution in [0.25, 0.3) is 0 Å². The standard InChI is InChI=1S/C16H31N3O8/c1-16(2,3)27-15(22)19-26-10-9-25-8-7-24-6-5-18-14(21)12(17)11-13(20)23-4/h12H,5-11,17H2,1-4H3,(H,18,21)(H,19,22). The summed E-state index contributed by atoms with van der Waals surface area (Å²) >= 11 is 0. The van der Waals surface area contributed by atoms with Crippen molar-refractivity contribution in [2.45, 2.75) is 38.8 Å². The number of nitrogens with two attached hydrogens (primary N) is 1. The van der Waals surface area contributed by atoms with Crippen molar-refractivity contribution in [1.82, 2.24) is 10.8 Å². The van der Waals surface area contributed by atoms with Crippen molar-refractivity contribution in [3.8, 4) is 0 Å². The van der Waals surface area contributed by atoms with Gasteiger partial charge in [0, 0.05) is 6.54 Å². The second-order valence-corrected chi connectivity index (χ2v) is 6.35. The first-order valence-corrected chi connectivity index (χ1v) is 8.52. The Labute approximate surface area is 159 Å². The van der Waals surface area contributed by atoms with E-state index in [0.717, 1.165) is 0 Å². The molecule has 2 amide bonds.